The predicted octanol–water partition coefficient (Wildman–Crippen LogP) is 5.89. The second-order valence-electron chi connectivity index (χ2n) is 8.91. The zero-order chi connectivity index (χ0) is 21.9. The Bertz CT molecular complexity index is 989. The van der Waals surface area contributed by atoms with Crippen LogP contribution in [0.1, 0.15) is 47.8 Å². The number of hydrogen-bond donors (Lipinski definition) is 1. The van der Waals surface area contributed by atoms with Gasteiger partial charge in [-0.05, 0) is 66.5 Å². The number of anilines is 2. The molecule has 6 heteroatoms. The van der Waals surface area contributed by atoms with Gasteiger partial charge in [0.05, 0.1) is 10.5 Å². The number of rotatable bonds is 4. The van der Waals surface area contributed by atoms with E-state index in [0.717, 1.165) is 50.0 Å². The van der Waals surface area contributed by atoms with E-state index >= 15 is 0 Å². The summed E-state index contributed by atoms with van der Waals surface area (Å²) in [6.07, 6.45) is 5.77. The number of carbonyl (C=O) groups is 2. The third-order valence-corrected chi connectivity index (χ3v) is 9.84. The molecule has 2 aliphatic heterocycles. The fourth-order valence-corrected chi connectivity index (χ4v) is 8.06. The van der Waals surface area contributed by atoms with Gasteiger partial charge in [0.2, 0.25) is 11.8 Å². The third-order valence-electron chi connectivity index (χ3n) is 6.83. The van der Waals surface area contributed by atoms with Crippen molar-refractivity contribution in [3.05, 3.63) is 59.7 Å². The molecule has 2 amide bonds. The molecule has 3 aliphatic rings. The number of para-hydroxylation sites is 1. The lowest BCUT2D eigenvalue weighted by Crippen LogP contribution is -2.43. The molecular formula is C26H30N2O2S2. The van der Waals surface area contributed by atoms with E-state index in [1.54, 1.807) is 0 Å². The van der Waals surface area contributed by atoms with E-state index in [-0.39, 0.29) is 23.7 Å². The Morgan fingerprint density at radius 3 is 2.53 bits per heavy atom. The average Bonchev–Trinajstić information content (AvgIpc) is 3.28. The highest BCUT2D eigenvalue weighted by Crippen LogP contribution is 2.44. The van der Waals surface area contributed by atoms with Gasteiger partial charge in [-0.1, -0.05) is 43.2 Å². The Hall–Kier alpha value is -1.92. The van der Waals surface area contributed by atoms with Gasteiger partial charge in [-0.2, -0.15) is 0 Å². The number of carbonyl (C=O) groups excluding carboxylic acids is 2. The van der Waals surface area contributed by atoms with Crippen LogP contribution in [0.15, 0.2) is 48.5 Å². The lowest BCUT2D eigenvalue weighted by atomic mass is 9.77. The fraction of sp³-hybridized carbons (Fsp3) is 0.462. The summed E-state index contributed by atoms with van der Waals surface area (Å²) in [6.45, 7) is 0.724. The van der Waals surface area contributed by atoms with Crippen molar-refractivity contribution in [3.8, 4) is 0 Å². The Kier molecular flexibility index (Phi) is 6.79. The van der Waals surface area contributed by atoms with Crippen molar-refractivity contribution in [1.82, 2.24) is 0 Å². The molecule has 0 bridgehead atoms. The molecular weight excluding hydrogens is 436 g/mol. The van der Waals surface area contributed by atoms with Crippen LogP contribution < -0.4 is 10.2 Å². The fourth-order valence-electron chi connectivity index (χ4n) is 5.19. The molecule has 1 N–H and O–H groups in total. The number of fused-ring (bicyclic) bond motifs is 1. The van der Waals surface area contributed by atoms with Gasteiger partial charge >= 0.3 is 0 Å². The second kappa shape index (κ2) is 9.92. The second-order valence-corrected chi connectivity index (χ2v) is 11.6. The summed E-state index contributed by atoms with van der Waals surface area (Å²) >= 11 is 3.97. The van der Waals surface area contributed by atoms with Gasteiger partial charge in [-0.25, -0.2) is 0 Å². The van der Waals surface area contributed by atoms with Crippen molar-refractivity contribution in [3.63, 3.8) is 0 Å². The minimum Gasteiger partial charge on any atom is -0.326 e. The SMILES string of the molecule is O=C(Nc1cccc(C2SCCCS2)c1)C1CCCCC1C(=O)N1CCc2ccccc21. The number of amides is 2. The van der Waals surface area contributed by atoms with Crippen LogP contribution in [0.25, 0.3) is 0 Å². The summed E-state index contributed by atoms with van der Waals surface area (Å²) in [5.41, 5.74) is 4.37. The molecule has 0 aromatic heterocycles. The summed E-state index contributed by atoms with van der Waals surface area (Å²) in [4.78, 5) is 28.8. The number of hydrogen-bond acceptors (Lipinski definition) is 4. The molecule has 32 heavy (non-hydrogen) atoms. The molecule has 168 valence electrons. The minimum atomic E-state index is -0.258. The molecule has 1 saturated carbocycles. The van der Waals surface area contributed by atoms with Crippen LogP contribution in [-0.2, 0) is 16.0 Å². The zero-order valence-corrected chi connectivity index (χ0v) is 19.9. The maximum atomic E-state index is 13.5. The first-order chi connectivity index (χ1) is 15.7. The van der Waals surface area contributed by atoms with Crippen LogP contribution >= 0.6 is 23.5 Å². The summed E-state index contributed by atoms with van der Waals surface area (Å²) in [5.74, 6) is 2.02. The molecule has 5 rings (SSSR count). The first-order valence-electron chi connectivity index (χ1n) is 11.7. The molecule has 2 aromatic rings. The predicted molar refractivity (Wildman–Crippen MR) is 135 cm³/mol. The van der Waals surface area contributed by atoms with E-state index in [2.05, 4.69) is 23.5 Å². The Morgan fingerprint density at radius 1 is 0.906 bits per heavy atom. The topological polar surface area (TPSA) is 49.4 Å². The van der Waals surface area contributed by atoms with Crippen LogP contribution in [0.4, 0.5) is 11.4 Å². The van der Waals surface area contributed by atoms with Crippen molar-refractivity contribution in [2.24, 2.45) is 11.8 Å². The lowest BCUT2D eigenvalue weighted by Gasteiger charge is -2.32. The van der Waals surface area contributed by atoms with E-state index in [0.29, 0.717) is 4.58 Å². The summed E-state index contributed by atoms with van der Waals surface area (Å²) in [5, 5.41) is 3.16. The number of thioether (sulfide) groups is 2. The van der Waals surface area contributed by atoms with Crippen molar-refractivity contribution in [2.45, 2.75) is 43.1 Å². The normalized spacial score (nSPS) is 23.6. The molecule has 2 aromatic carbocycles. The summed E-state index contributed by atoms with van der Waals surface area (Å²) < 4.78 is 0.444. The smallest absolute Gasteiger partial charge is 0.230 e. The van der Waals surface area contributed by atoms with E-state index in [4.69, 9.17) is 0 Å². The Morgan fingerprint density at radius 2 is 1.69 bits per heavy atom. The quantitative estimate of drug-likeness (QED) is 0.610. The molecule has 2 atom stereocenters. The van der Waals surface area contributed by atoms with Gasteiger partial charge in [0.25, 0.3) is 0 Å². The van der Waals surface area contributed by atoms with Gasteiger partial charge in [-0.15, -0.1) is 23.5 Å². The molecule has 2 heterocycles. The zero-order valence-electron chi connectivity index (χ0n) is 18.3. The molecule has 1 aliphatic carbocycles. The maximum Gasteiger partial charge on any atom is 0.230 e. The van der Waals surface area contributed by atoms with Crippen molar-refractivity contribution in [1.29, 1.82) is 0 Å². The molecule has 2 unspecified atom stereocenters. The Labute approximate surface area is 198 Å². The molecule has 1 saturated heterocycles. The van der Waals surface area contributed by atoms with Gasteiger partial charge < -0.3 is 10.2 Å². The van der Waals surface area contributed by atoms with Crippen LogP contribution in [-0.4, -0.2) is 29.9 Å². The average molecular weight is 467 g/mol. The van der Waals surface area contributed by atoms with Gasteiger partial charge in [0.15, 0.2) is 0 Å². The van der Waals surface area contributed by atoms with E-state index in [9.17, 15) is 9.59 Å². The van der Waals surface area contributed by atoms with Gasteiger partial charge in [0.1, 0.15) is 0 Å². The van der Waals surface area contributed by atoms with E-state index < -0.39 is 0 Å². The largest absolute Gasteiger partial charge is 0.326 e. The van der Waals surface area contributed by atoms with Crippen LogP contribution in [0, 0.1) is 11.8 Å². The highest BCUT2D eigenvalue weighted by Gasteiger charge is 2.39. The molecule has 0 spiro atoms. The standard InChI is InChI=1S/C26H30N2O2S2/c29-24(27-20-9-5-8-19(17-20)26-31-15-6-16-32-26)21-10-2-3-11-22(21)25(30)28-14-13-18-7-1-4-12-23(18)28/h1,4-5,7-9,12,17,21-22,26H,2-3,6,10-11,13-16H2,(H,27,29). The number of nitrogens with one attached hydrogen (secondary N) is 1. The van der Waals surface area contributed by atoms with Crippen LogP contribution in [0.3, 0.4) is 0 Å². The van der Waals surface area contributed by atoms with Crippen molar-refractivity contribution < 1.29 is 9.59 Å². The first kappa shape index (κ1) is 21.9. The van der Waals surface area contributed by atoms with E-state index in [1.165, 1.54) is 29.1 Å². The van der Waals surface area contributed by atoms with Crippen molar-refractivity contribution in [2.75, 3.05) is 28.3 Å². The molecule has 2 fully saturated rings. The monoisotopic (exact) mass is 466 g/mol. The van der Waals surface area contributed by atoms with E-state index in [1.807, 2.05) is 58.8 Å². The third kappa shape index (κ3) is 4.58. The van der Waals surface area contributed by atoms with Gasteiger partial charge in [0, 0.05) is 23.8 Å². The van der Waals surface area contributed by atoms with Crippen LogP contribution in [0.5, 0.6) is 0 Å². The Balaban J connectivity index is 1.30. The van der Waals surface area contributed by atoms with Gasteiger partial charge in [-0.3, -0.25) is 9.59 Å². The molecule has 0 radical (unpaired) electrons. The number of nitrogens with zero attached hydrogens (tertiary/aromatic N) is 1. The first-order valence-corrected chi connectivity index (χ1v) is 13.8. The summed E-state index contributed by atoms with van der Waals surface area (Å²) in [7, 11) is 0. The lowest BCUT2D eigenvalue weighted by molar-refractivity contribution is -0.132. The molecule has 4 nitrogen and oxygen atoms in total. The number of benzene rings is 2. The highest BCUT2D eigenvalue weighted by molar-refractivity contribution is 8.16. The maximum absolute atomic E-state index is 13.5. The van der Waals surface area contributed by atoms with Crippen LogP contribution in [0.2, 0.25) is 0 Å². The summed E-state index contributed by atoms with van der Waals surface area (Å²) in [6, 6.07) is 16.4. The highest BCUT2D eigenvalue weighted by atomic mass is 32.2. The van der Waals surface area contributed by atoms with Crippen molar-refractivity contribution >= 4 is 46.7 Å². The minimum absolute atomic E-state index is 0.00312.